The van der Waals surface area contributed by atoms with Gasteiger partial charge in [-0.25, -0.2) is 4.79 Å². The first-order valence-electron chi connectivity index (χ1n) is 9.74. The van der Waals surface area contributed by atoms with Crippen molar-refractivity contribution in [2.24, 2.45) is 0 Å². The minimum atomic E-state index is -0.427. The first-order valence-corrected chi connectivity index (χ1v) is 11.9. The monoisotopic (exact) mass is 469 g/mol. The summed E-state index contributed by atoms with van der Waals surface area (Å²) in [5.41, 5.74) is 3.57. The van der Waals surface area contributed by atoms with E-state index >= 15 is 0 Å². The number of benzene rings is 1. The third-order valence-electron chi connectivity index (χ3n) is 4.83. The van der Waals surface area contributed by atoms with E-state index in [1.807, 2.05) is 35.7 Å². The maximum atomic E-state index is 13.5. The quantitative estimate of drug-likeness (QED) is 0.129. The molecule has 0 aliphatic rings. The Morgan fingerprint density at radius 3 is 2.68 bits per heavy atom. The molecule has 3 heterocycles. The normalized spacial score (nSPS) is 11.2. The molecule has 0 saturated heterocycles. The first-order chi connectivity index (χ1) is 15.0. The van der Waals surface area contributed by atoms with Gasteiger partial charge in [0, 0.05) is 27.9 Å². The largest absolute Gasteiger partial charge is 0.462 e. The molecule has 7 heteroatoms. The van der Waals surface area contributed by atoms with Crippen LogP contribution in [0.4, 0.5) is 0 Å². The number of halogens is 1. The van der Waals surface area contributed by atoms with Crippen molar-refractivity contribution in [2.75, 3.05) is 12.4 Å². The van der Waals surface area contributed by atoms with E-state index in [0.29, 0.717) is 32.2 Å². The number of ether oxygens (including phenoxy) is 1. The lowest BCUT2D eigenvalue weighted by Crippen LogP contribution is -2.06. The SMILES string of the molecule is C=CCSc1sc(C(=O)c2ccc(Cl)cc2)c2c(C(=O)OCC)c3cc(C)ccn3c12. The molecular formula is C24H20ClNO3S2. The van der Waals surface area contributed by atoms with Crippen LogP contribution in [0.25, 0.3) is 16.4 Å². The summed E-state index contributed by atoms with van der Waals surface area (Å²) in [6, 6.07) is 10.7. The summed E-state index contributed by atoms with van der Waals surface area (Å²) in [5, 5.41) is 1.20. The second-order valence-electron chi connectivity index (χ2n) is 6.93. The van der Waals surface area contributed by atoms with Crippen molar-refractivity contribution < 1.29 is 14.3 Å². The van der Waals surface area contributed by atoms with Crippen LogP contribution in [0, 0.1) is 6.92 Å². The van der Waals surface area contributed by atoms with Gasteiger partial charge >= 0.3 is 5.97 Å². The summed E-state index contributed by atoms with van der Waals surface area (Å²) in [6.07, 6.45) is 3.76. The molecule has 0 unspecified atom stereocenters. The zero-order valence-corrected chi connectivity index (χ0v) is 19.5. The van der Waals surface area contributed by atoms with Gasteiger partial charge in [0.15, 0.2) is 0 Å². The fourth-order valence-corrected chi connectivity index (χ4v) is 5.92. The summed E-state index contributed by atoms with van der Waals surface area (Å²) >= 11 is 9.00. The van der Waals surface area contributed by atoms with Crippen molar-refractivity contribution in [2.45, 2.75) is 18.1 Å². The number of ketones is 1. The van der Waals surface area contributed by atoms with Crippen LogP contribution in [0.1, 0.15) is 38.1 Å². The number of aryl methyl sites for hydroxylation is 1. The molecule has 0 aliphatic carbocycles. The predicted molar refractivity (Wildman–Crippen MR) is 129 cm³/mol. The lowest BCUT2D eigenvalue weighted by atomic mass is 10.1. The van der Waals surface area contributed by atoms with Crippen LogP contribution in [0.3, 0.4) is 0 Å². The topological polar surface area (TPSA) is 47.8 Å². The zero-order chi connectivity index (χ0) is 22.1. The van der Waals surface area contributed by atoms with Crippen LogP contribution in [-0.2, 0) is 4.74 Å². The molecule has 0 bridgehead atoms. The summed E-state index contributed by atoms with van der Waals surface area (Å²) in [6.45, 7) is 7.81. The molecule has 4 aromatic rings. The van der Waals surface area contributed by atoms with E-state index in [2.05, 4.69) is 6.58 Å². The molecule has 31 heavy (non-hydrogen) atoms. The Morgan fingerprint density at radius 1 is 1.26 bits per heavy atom. The van der Waals surface area contributed by atoms with Crippen LogP contribution >= 0.6 is 34.7 Å². The van der Waals surface area contributed by atoms with Crippen LogP contribution in [-0.4, -0.2) is 28.5 Å². The van der Waals surface area contributed by atoms with Gasteiger partial charge in [-0.3, -0.25) is 4.79 Å². The molecule has 0 spiro atoms. The van der Waals surface area contributed by atoms with Crippen LogP contribution in [0.5, 0.6) is 0 Å². The number of nitrogens with zero attached hydrogens (tertiary/aromatic N) is 1. The number of esters is 1. The number of thioether (sulfide) groups is 1. The average Bonchev–Trinajstić information content (AvgIpc) is 3.27. The first kappa shape index (κ1) is 21.7. The lowest BCUT2D eigenvalue weighted by molar-refractivity contribution is 0.0531. The van der Waals surface area contributed by atoms with Gasteiger partial charge in [0.2, 0.25) is 5.78 Å². The standard InChI is InChI=1S/C24H20ClNO3S2/c1-4-12-30-24-20-19(22(31-24)21(27)15-6-8-16(25)9-7-15)18(23(28)29-5-2)17-13-14(3)10-11-26(17)20/h4,6-11,13H,1,5,12H2,2-3H3. The van der Waals surface area contributed by atoms with Gasteiger partial charge in [0.25, 0.3) is 0 Å². The molecule has 4 rings (SSSR count). The van der Waals surface area contributed by atoms with Gasteiger partial charge in [-0.15, -0.1) is 29.7 Å². The number of fused-ring (bicyclic) bond motifs is 3. The number of pyridine rings is 1. The maximum absolute atomic E-state index is 13.5. The number of rotatable bonds is 7. The zero-order valence-electron chi connectivity index (χ0n) is 17.1. The second-order valence-corrected chi connectivity index (χ2v) is 9.68. The summed E-state index contributed by atoms with van der Waals surface area (Å²) in [5.74, 6) is 0.122. The molecule has 0 amide bonds. The Bertz CT molecular complexity index is 1320. The number of carbonyl (C=O) groups excluding carboxylic acids is 2. The molecule has 0 saturated carbocycles. The molecule has 1 aromatic carbocycles. The van der Waals surface area contributed by atoms with Gasteiger partial charge in [-0.05, 0) is 55.8 Å². The molecule has 0 radical (unpaired) electrons. The van der Waals surface area contributed by atoms with E-state index in [1.54, 1.807) is 43.0 Å². The number of thiophene rings is 1. The Balaban J connectivity index is 2.06. The highest BCUT2D eigenvalue weighted by molar-refractivity contribution is 8.01. The fourth-order valence-electron chi connectivity index (χ4n) is 3.51. The molecule has 0 fully saturated rings. The molecule has 0 atom stereocenters. The summed E-state index contributed by atoms with van der Waals surface area (Å²) in [7, 11) is 0. The van der Waals surface area contributed by atoms with Crippen molar-refractivity contribution in [3.8, 4) is 0 Å². The van der Waals surface area contributed by atoms with Crippen LogP contribution in [0.15, 0.2) is 59.5 Å². The van der Waals surface area contributed by atoms with Gasteiger partial charge in [-0.1, -0.05) is 17.7 Å². The van der Waals surface area contributed by atoms with E-state index in [4.69, 9.17) is 16.3 Å². The Hall–Kier alpha value is -2.54. The smallest absolute Gasteiger partial charge is 0.341 e. The van der Waals surface area contributed by atoms with E-state index in [9.17, 15) is 9.59 Å². The predicted octanol–water partition coefficient (Wildman–Crippen LogP) is 6.80. The fraction of sp³-hybridized carbons (Fsp3) is 0.167. The Kier molecular flexibility index (Phi) is 6.23. The third-order valence-corrected chi connectivity index (χ3v) is 7.52. The van der Waals surface area contributed by atoms with Gasteiger partial charge in [0.05, 0.1) is 32.3 Å². The van der Waals surface area contributed by atoms with Crippen molar-refractivity contribution in [3.63, 3.8) is 0 Å². The summed E-state index contributed by atoms with van der Waals surface area (Å²) in [4.78, 5) is 27.1. The van der Waals surface area contributed by atoms with Crippen molar-refractivity contribution >= 4 is 62.9 Å². The van der Waals surface area contributed by atoms with Crippen molar-refractivity contribution in [1.82, 2.24) is 4.40 Å². The molecule has 0 N–H and O–H groups in total. The van der Waals surface area contributed by atoms with Crippen LogP contribution in [0.2, 0.25) is 5.02 Å². The molecule has 4 nitrogen and oxygen atoms in total. The van der Waals surface area contributed by atoms with E-state index in [-0.39, 0.29) is 12.4 Å². The molecule has 3 aromatic heterocycles. The van der Waals surface area contributed by atoms with Crippen LogP contribution < -0.4 is 0 Å². The maximum Gasteiger partial charge on any atom is 0.341 e. The highest BCUT2D eigenvalue weighted by Crippen LogP contribution is 2.44. The van der Waals surface area contributed by atoms with Crippen molar-refractivity contribution in [3.05, 3.63) is 81.8 Å². The van der Waals surface area contributed by atoms with Gasteiger partial charge in [-0.2, -0.15) is 0 Å². The minimum Gasteiger partial charge on any atom is -0.462 e. The number of carbonyl (C=O) groups is 2. The van der Waals surface area contributed by atoms with Gasteiger partial charge < -0.3 is 9.14 Å². The second kappa shape index (κ2) is 8.91. The third kappa shape index (κ3) is 3.91. The number of hydrogen-bond acceptors (Lipinski definition) is 5. The minimum absolute atomic E-state index is 0.143. The Morgan fingerprint density at radius 2 is 2.00 bits per heavy atom. The Labute approximate surface area is 193 Å². The van der Waals surface area contributed by atoms with E-state index in [1.165, 1.54) is 11.3 Å². The van der Waals surface area contributed by atoms with Crippen molar-refractivity contribution in [1.29, 1.82) is 0 Å². The molecule has 0 aliphatic heterocycles. The average molecular weight is 470 g/mol. The van der Waals surface area contributed by atoms with E-state index < -0.39 is 5.97 Å². The highest BCUT2D eigenvalue weighted by atomic mass is 35.5. The number of aromatic nitrogens is 1. The molecule has 158 valence electrons. The highest BCUT2D eigenvalue weighted by Gasteiger charge is 2.29. The summed E-state index contributed by atoms with van der Waals surface area (Å²) < 4.78 is 8.33. The van der Waals surface area contributed by atoms with E-state index in [0.717, 1.165) is 20.8 Å². The van der Waals surface area contributed by atoms with Gasteiger partial charge in [0.1, 0.15) is 0 Å². The lowest BCUT2D eigenvalue weighted by Gasteiger charge is -2.05. The molecular weight excluding hydrogens is 450 g/mol. The number of hydrogen-bond donors (Lipinski definition) is 0.